The van der Waals surface area contributed by atoms with Gasteiger partial charge in [-0.3, -0.25) is 0 Å². The van der Waals surface area contributed by atoms with Crippen LogP contribution in [0.15, 0.2) is 60.7 Å². The molecule has 0 saturated heterocycles. The van der Waals surface area contributed by atoms with Crippen LogP contribution in [0, 0.1) is 11.3 Å². The Kier molecular flexibility index (Phi) is 5.54. The highest BCUT2D eigenvalue weighted by Gasteiger charge is 2.07. The number of rotatable bonds is 6. The van der Waals surface area contributed by atoms with Gasteiger partial charge in [0, 0.05) is 24.9 Å². The Morgan fingerprint density at radius 1 is 1.17 bits per heavy atom. The first kappa shape index (κ1) is 16.3. The Bertz CT molecular complexity index is 728. The molecule has 2 aromatic carbocycles. The second-order valence-electron chi connectivity index (χ2n) is 5.05. The summed E-state index contributed by atoms with van der Waals surface area (Å²) in [5, 5.41) is 17.8. The van der Waals surface area contributed by atoms with Gasteiger partial charge in [-0.15, -0.1) is 0 Å². The van der Waals surface area contributed by atoms with Crippen molar-refractivity contribution in [1.29, 1.82) is 5.26 Å². The molecule has 23 heavy (non-hydrogen) atoms. The van der Waals surface area contributed by atoms with E-state index in [9.17, 15) is 4.79 Å². The number of carboxylic acids is 1. The van der Waals surface area contributed by atoms with Gasteiger partial charge in [0.25, 0.3) is 0 Å². The average molecular weight is 306 g/mol. The maximum atomic E-state index is 10.7. The van der Waals surface area contributed by atoms with Crippen LogP contribution in [0.5, 0.6) is 0 Å². The van der Waals surface area contributed by atoms with Gasteiger partial charge >= 0.3 is 5.97 Å². The zero-order valence-corrected chi connectivity index (χ0v) is 12.9. The van der Waals surface area contributed by atoms with Crippen molar-refractivity contribution in [3.05, 3.63) is 71.8 Å². The van der Waals surface area contributed by atoms with E-state index in [0.717, 1.165) is 24.9 Å². The topological polar surface area (TPSA) is 64.3 Å². The number of carbonyl (C=O) groups is 1. The third kappa shape index (κ3) is 4.45. The SMILES string of the molecule is CCN(Cc1ccccc1)c1ccc(C(C#N)=CC(=O)O)cc1. The molecule has 0 fully saturated rings. The normalized spacial score (nSPS) is 10.9. The number of hydrogen-bond acceptors (Lipinski definition) is 3. The number of benzene rings is 2. The number of allylic oxidation sites excluding steroid dienone is 1. The quantitative estimate of drug-likeness (QED) is 0.653. The minimum atomic E-state index is -1.12. The van der Waals surface area contributed by atoms with Crippen molar-refractivity contribution in [2.45, 2.75) is 13.5 Å². The standard InChI is InChI=1S/C19H18N2O2/c1-2-21(14-15-6-4-3-5-7-15)18-10-8-16(9-11-18)17(13-20)12-19(22)23/h3-12H,2,14H2,1H3,(H,22,23). The van der Waals surface area contributed by atoms with Gasteiger partial charge in [-0.2, -0.15) is 5.26 Å². The third-order valence-corrected chi connectivity index (χ3v) is 3.53. The molecule has 0 radical (unpaired) electrons. The fourth-order valence-corrected chi connectivity index (χ4v) is 2.34. The molecule has 4 nitrogen and oxygen atoms in total. The fraction of sp³-hybridized carbons (Fsp3) is 0.158. The van der Waals surface area contributed by atoms with Crippen molar-refractivity contribution in [2.24, 2.45) is 0 Å². The van der Waals surface area contributed by atoms with Crippen molar-refractivity contribution < 1.29 is 9.90 Å². The molecule has 0 heterocycles. The van der Waals surface area contributed by atoms with Crippen LogP contribution in [0.3, 0.4) is 0 Å². The number of carboxylic acid groups (broad SMARTS) is 1. The number of aliphatic carboxylic acids is 1. The maximum absolute atomic E-state index is 10.7. The van der Waals surface area contributed by atoms with E-state index in [-0.39, 0.29) is 5.57 Å². The zero-order valence-electron chi connectivity index (χ0n) is 12.9. The van der Waals surface area contributed by atoms with Gasteiger partial charge in [0.2, 0.25) is 0 Å². The molecule has 2 rings (SSSR count). The first-order valence-corrected chi connectivity index (χ1v) is 7.38. The minimum absolute atomic E-state index is 0.148. The van der Waals surface area contributed by atoms with Gasteiger partial charge in [-0.05, 0) is 30.2 Å². The lowest BCUT2D eigenvalue weighted by Gasteiger charge is -2.23. The zero-order chi connectivity index (χ0) is 16.7. The lowest BCUT2D eigenvalue weighted by molar-refractivity contribution is -0.131. The smallest absolute Gasteiger partial charge is 0.329 e. The Balaban J connectivity index is 2.20. The summed E-state index contributed by atoms with van der Waals surface area (Å²) in [6.45, 7) is 3.74. The highest BCUT2D eigenvalue weighted by atomic mass is 16.4. The van der Waals surface area contributed by atoms with Crippen LogP contribution in [0.25, 0.3) is 5.57 Å². The van der Waals surface area contributed by atoms with E-state index in [0.29, 0.717) is 5.56 Å². The number of nitrogens with zero attached hydrogens (tertiary/aromatic N) is 2. The summed E-state index contributed by atoms with van der Waals surface area (Å²) in [4.78, 5) is 12.9. The van der Waals surface area contributed by atoms with E-state index < -0.39 is 5.97 Å². The molecule has 0 amide bonds. The first-order valence-electron chi connectivity index (χ1n) is 7.38. The molecule has 2 aromatic rings. The second kappa shape index (κ2) is 7.81. The Hall–Kier alpha value is -3.06. The highest BCUT2D eigenvalue weighted by molar-refractivity contribution is 5.94. The minimum Gasteiger partial charge on any atom is -0.478 e. The van der Waals surface area contributed by atoms with Crippen LogP contribution in [0.2, 0.25) is 0 Å². The van der Waals surface area contributed by atoms with Gasteiger partial charge in [0.15, 0.2) is 0 Å². The molecule has 0 bridgehead atoms. The van der Waals surface area contributed by atoms with Crippen LogP contribution in [-0.4, -0.2) is 17.6 Å². The third-order valence-electron chi connectivity index (χ3n) is 3.53. The van der Waals surface area contributed by atoms with E-state index in [1.165, 1.54) is 5.56 Å². The van der Waals surface area contributed by atoms with Crippen molar-refractivity contribution in [3.8, 4) is 6.07 Å². The summed E-state index contributed by atoms with van der Waals surface area (Å²) < 4.78 is 0. The van der Waals surface area contributed by atoms with Gasteiger partial charge < -0.3 is 10.0 Å². The van der Waals surface area contributed by atoms with E-state index in [4.69, 9.17) is 10.4 Å². The van der Waals surface area contributed by atoms with Crippen LogP contribution in [0.4, 0.5) is 5.69 Å². The highest BCUT2D eigenvalue weighted by Crippen LogP contribution is 2.21. The molecule has 0 aliphatic carbocycles. The van der Waals surface area contributed by atoms with Crippen molar-refractivity contribution in [2.75, 3.05) is 11.4 Å². The lowest BCUT2D eigenvalue weighted by atomic mass is 10.1. The molecule has 4 heteroatoms. The summed E-state index contributed by atoms with van der Waals surface area (Å²) in [5.74, 6) is -1.12. The predicted octanol–water partition coefficient (Wildman–Crippen LogP) is 3.70. The van der Waals surface area contributed by atoms with E-state index in [2.05, 4.69) is 24.0 Å². The Morgan fingerprint density at radius 3 is 2.35 bits per heavy atom. The number of hydrogen-bond donors (Lipinski definition) is 1. The molecule has 1 N–H and O–H groups in total. The molecule has 0 spiro atoms. The molecular formula is C19H18N2O2. The van der Waals surface area contributed by atoms with Crippen LogP contribution < -0.4 is 4.90 Å². The van der Waals surface area contributed by atoms with Crippen molar-refractivity contribution >= 4 is 17.2 Å². The van der Waals surface area contributed by atoms with E-state index in [1.807, 2.05) is 36.4 Å². The molecular weight excluding hydrogens is 288 g/mol. The summed E-state index contributed by atoms with van der Waals surface area (Å²) in [7, 11) is 0. The molecule has 0 aromatic heterocycles. The van der Waals surface area contributed by atoms with Gasteiger partial charge in [-0.25, -0.2) is 4.79 Å². The predicted molar refractivity (Wildman–Crippen MR) is 90.8 cm³/mol. The maximum Gasteiger partial charge on any atom is 0.329 e. The van der Waals surface area contributed by atoms with E-state index in [1.54, 1.807) is 12.1 Å². The van der Waals surface area contributed by atoms with Gasteiger partial charge in [0.1, 0.15) is 6.07 Å². The summed E-state index contributed by atoms with van der Waals surface area (Å²) in [6.07, 6.45) is 0.927. The van der Waals surface area contributed by atoms with Crippen molar-refractivity contribution in [3.63, 3.8) is 0 Å². The van der Waals surface area contributed by atoms with Crippen LogP contribution in [-0.2, 0) is 11.3 Å². The first-order chi connectivity index (χ1) is 11.1. The molecule has 0 aliphatic heterocycles. The molecule has 0 aliphatic rings. The molecule has 0 saturated carbocycles. The van der Waals surface area contributed by atoms with Gasteiger partial charge in [-0.1, -0.05) is 42.5 Å². The number of nitriles is 1. The largest absolute Gasteiger partial charge is 0.478 e. The van der Waals surface area contributed by atoms with Crippen molar-refractivity contribution in [1.82, 2.24) is 0 Å². The molecule has 116 valence electrons. The van der Waals surface area contributed by atoms with E-state index >= 15 is 0 Å². The summed E-state index contributed by atoms with van der Waals surface area (Å²) in [5.41, 5.74) is 3.01. The molecule has 0 atom stereocenters. The van der Waals surface area contributed by atoms with Gasteiger partial charge in [0.05, 0.1) is 5.57 Å². The molecule has 0 unspecified atom stereocenters. The van der Waals surface area contributed by atoms with Crippen LogP contribution >= 0.6 is 0 Å². The average Bonchev–Trinajstić information content (AvgIpc) is 2.58. The monoisotopic (exact) mass is 306 g/mol. The Morgan fingerprint density at radius 2 is 1.83 bits per heavy atom. The lowest BCUT2D eigenvalue weighted by Crippen LogP contribution is -2.21. The summed E-state index contributed by atoms with van der Waals surface area (Å²) >= 11 is 0. The second-order valence-corrected chi connectivity index (χ2v) is 5.05. The number of anilines is 1. The summed E-state index contributed by atoms with van der Waals surface area (Å²) in [6, 6.07) is 19.5. The fourth-order valence-electron chi connectivity index (χ4n) is 2.34. The Labute approximate surface area is 135 Å². The van der Waals surface area contributed by atoms with Crippen LogP contribution in [0.1, 0.15) is 18.1 Å².